The lowest BCUT2D eigenvalue weighted by molar-refractivity contribution is -0.150. The summed E-state index contributed by atoms with van der Waals surface area (Å²) in [5, 5.41) is 0. The number of rotatable bonds is 6. The van der Waals surface area contributed by atoms with Crippen LogP contribution in [0.5, 0.6) is 0 Å². The maximum Gasteiger partial charge on any atom is 0.326 e. The molecule has 1 atom stereocenters. The summed E-state index contributed by atoms with van der Waals surface area (Å²) in [6, 6.07) is 0. The van der Waals surface area contributed by atoms with Crippen LogP contribution in [0.15, 0.2) is 0 Å². The van der Waals surface area contributed by atoms with Crippen LogP contribution in [0.1, 0.15) is 46.5 Å². The van der Waals surface area contributed by atoms with Crippen LogP contribution in [-0.2, 0) is 9.53 Å². The molecule has 0 heterocycles. The van der Waals surface area contributed by atoms with Gasteiger partial charge in [-0.05, 0) is 19.8 Å². The lowest BCUT2D eigenvalue weighted by Crippen LogP contribution is -2.48. The molecule has 0 aromatic rings. The van der Waals surface area contributed by atoms with Crippen molar-refractivity contribution in [3.05, 3.63) is 0 Å². The second kappa shape index (κ2) is 5.97. The minimum Gasteiger partial charge on any atom is -0.465 e. The first-order valence-electron chi connectivity index (χ1n) is 5.06. The van der Waals surface area contributed by atoms with E-state index in [1.165, 1.54) is 0 Å². The topological polar surface area (TPSA) is 52.3 Å². The summed E-state index contributed by atoms with van der Waals surface area (Å²) in [5.74, 6) is -0.258. The summed E-state index contributed by atoms with van der Waals surface area (Å²) in [6.07, 6.45) is 3.40. The monoisotopic (exact) mass is 187 g/mol. The summed E-state index contributed by atoms with van der Waals surface area (Å²) in [4.78, 5) is 11.5. The van der Waals surface area contributed by atoms with Gasteiger partial charge in [0.05, 0.1) is 6.61 Å². The van der Waals surface area contributed by atoms with Crippen LogP contribution in [0.3, 0.4) is 0 Å². The second-order valence-electron chi connectivity index (χ2n) is 3.33. The van der Waals surface area contributed by atoms with E-state index in [0.29, 0.717) is 13.0 Å². The number of esters is 1. The molecule has 0 spiro atoms. The Balaban J connectivity index is 4.16. The zero-order valence-corrected chi connectivity index (χ0v) is 8.93. The summed E-state index contributed by atoms with van der Waals surface area (Å²) in [6.45, 7) is 6.21. The van der Waals surface area contributed by atoms with Crippen molar-refractivity contribution in [2.75, 3.05) is 6.61 Å². The smallest absolute Gasteiger partial charge is 0.326 e. The highest BCUT2D eigenvalue weighted by Crippen LogP contribution is 2.17. The molecule has 0 aliphatic rings. The number of carbonyl (C=O) groups excluding carboxylic acids is 1. The van der Waals surface area contributed by atoms with Gasteiger partial charge in [0.1, 0.15) is 5.54 Å². The predicted octanol–water partition coefficient (Wildman–Crippen LogP) is 1.85. The average Bonchev–Trinajstić information content (AvgIpc) is 2.14. The van der Waals surface area contributed by atoms with Gasteiger partial charge in [-0.2, -0.15) is 0 Å². The molecule has 0 bridgehead atoms. The van der Waals surface area contributed by atoms with Gasteiger partial charge in [0, 0.05) is 0 Å². The highest BCUT2D eigenvalue weighted by molar-refractivity contribution is 5.80. The maximum absolute atomic E-state index is 11.5. The van der Waals surface area contributed by atoms with Gasteiger partial charge in [-0.25, -0.2) is 0 Å². The molecule has 78 valence electrons. The van der Waals surface area contributed by atoms with Crippen LogP contribution in [0.2, 0.25) is 0 Å². The van der Waals surface area contributed by atoms with Gasteiger partial charge in [-0.15, -0.1) is 0 Å². The van der Waals surface area contributed by atoms with Crippen molar-refractivity contribution in [3.63, 3.8) is 0 Å². The highest BCUT2D eigenvalue weighted by atomic mass is 16.5. The molecular formula is C10H21NO2. The zero-order valence-electron chi connectivity index (χ0n) is 8.93. The van der Waals surface area contributed by atoms with Crippen molar-refractivity contribution in [3.8, 4) is 0 Å². The van der Waals surface area contributed by atoms with Crippen molar-refractivity contribution < 1.29 is 9.53 Å². The normalized spacial score (nSPS) is 15.1. The molecule has 2 N–H and O–H groups in total. The number of hydrogen-bond donors (Lipinski definition) is 1. The Labute approximate surface area is 80.6 Å². The van der Waals surface area contributed by atoms with Crippen molar-refractivity contribution in [2.24, 2.45) is 5.73 Å². The minimum atomic E-state index is -0.758. The first kappa shape index (κ1) is 12.4. The Hall–Kier alpha value is -0.570. The fourth-order valence-electron chi connectivity index (χ4n) is 1.19. The number of hydrogen-bond acceptors (Lipinski definition) is 3. The molecule has 0 rings (SSSR count). The molecule has 13 heavy (non-hydrogen) atoms. The molecule has 3 nitrogen and oxygen atoms in total. The summed E-state index contributed by atoms with van der Waals surface area (Å²) < 4.78 is 4.93. The van der Waals surface area contributed by atoms with Crippen molar-refractivity contribution >= 4 is 5.97 Å². The van der Waals surface area contributed by atoms with E-state index in [2.05, 4.69) is 6.92 Å². The predicted molar refractivity (Wildman–Crippen MR) is 53.4 cm³/mol. The van der Waals surface area contributed by atoms with Gasteiger partial charge in [0.2, 0.25) is 0 Å². The molecule has 1 unspecified atom stereocenters. The summed E-state index contributed by atoms with van der Waals surface area (Å²) >= 11 is 0. The first-order valence-corrected chi connectivity index (χ1v) is 5.06. The zero-order chi connectivity index (χ0) is 10.3. The second-order valence-corrected chi connectivity index (χ2v) is 3.33. The molecule has 0 amide bonds. The largest absolute Gasteiger partial charge is 0.465 e. The van der Waals surface area contributed by atoms with Crippen molar-refractivity contribution in [1.29, 1.82) is 0 Å². The molecule has 0 aromatic carbocycles. The fraction of sp³-hybridized carbons (Fsp3) is 0.900. The molecule has 0 aliphatic heterocycles. The van der Waals surface area contributed by atoms with Gasteiger partial charge < -0.3 is 10.5 Å². The van der Waals surface area contributed by atoms with Crippen LogP contribution in [0.25, 0.3) is 0 Å². The van der Waals surface area contributed by atoms with Gasteiger partial charge in [0.25, 0.3) is 0 Å². The molecule has 0 radical (unpaired) electrons. The Morgan fingerprint density at radius 3 is 2.38 bits per heavy atom. The van der Waals surface area contributed by atoms with Crippen molar-refractivity contribution in [1.82, 2.24) is 0 Å². The third-order valence-corrected chi connectivity index (χ3v) is 2.29. The molecular weight excluding hydrogens is 166 g/mol. The SMILES string of the molecule is CCCCC(N)(CC)C(=O)OCC. The van der Waals surface area contributed by atoms with Crippen LogP contribution in [-0.4, -0.2) is 18.1 Å². The summed E-state index contributed by atoms with van der Waals surface area (Å²) in [7, 11) is 0. The lowest BCUT2D eigenvalue weighted by Gasteiger charge is -2.25. The van der Waals surface area contributed by atoms with E-state index in [-0.39, 0.29) is 5.97 Å². The van der Waals surface area contributed by atoms with E-state index in [4.69, 9.17) is 10.5 Å². The molecule has 0 aromatic heterocycles. The van der Waals surface area contributed by atoms with E-state index < -0.39 is 5.54 Å². The van der Waals surface area contributed by atoms with Gasteiger partial charge >= 0.3 is 5.97 Å². The van der Waals surface area contributed by atoms with E-state index in [1.807, 2.05) is 6.92 Å². The molecule has 3 heteroatoms. The first-order chi connectivity index (χ1) is 6.10. The fourth-order valence-corrected chi connectivity index (χ4v) is 1.19. The molecule has 0 saturated carbocycles. The third kappa shape index (κ3) is 3.77. The van der Waals surface area contributed by atoms with Gasteiger partial charge in [0.15, 0.2) is 0 Å². The van der Waals surface area contributed by atoms with Crippen LogP contribution >= 0.6 is 0 Å². The standard InChI is InChI=1S/C10H21NO2/c1-4-7-8-10(11,5-2)9(12)13-6-3/h4-8,11H2,1-3H3. The number of nitrogens with two attached hydrogens (primary N) is 1. The van der Waals surface area contributed by atoms with E-state index in [1.54, 1.807) is 6.92 Å². The average molecular weight is 187 g/mol. The van der Waals surface area contributed by atoms with Crippen LogP contribution in [0.4, 0.5) is 0 Å². The number of unbranched alkanes of at least 4 members (excludes halogenated alkanes) is 1. The number of ether oxygens (including phenoxy) is 1. The van der Waals surface area contributed by atoms with E-state index in [9.17, 15) is 4.79 Å². The van der Waals surface area contributed by atoms with Crippen LogP contribution in [0, 0.1) is 0 Å². The Bertz CT molecular complexity index is 159. The minimum absolute atomic E-state index is 0.258. The third-order valence-electron chi connectivity index (χ3n) is 2.29. The van der Waals surface area contributed by atoms with Crippen molar-refractivity contribution in [2.45, 2.75) is 52.0 Å². The van der Waals surface area contributed by atoms with Crippen LogP contribution < -0.4 is 5.73 Å². The Morgan fingerprint density at radius 1 is 1.38 bits per heavy atom. The number of carbonyl (C=O) groups is 1. The maximum atomic E-state index is 11.5. The quantitative estimate of drug-likeness (QED) is 0.646. The Morgan fingerprint density at radius 2 is 2.00 bits per heavy atom. The summed E-state index contributed by atoms with van der Waals surface area (Å²) in [5.41, 5.74) is 5.18. The van der Waals surface area contributed by atoms with Gasteiger partial charge in [-0.3, -0.25) is 4.79 Å². The van der Waals surface area contributed by atoms with Gasteiger partial charge in [-0.1, -0.05) is 26.7 Å². The molecule has 0 fully saturated rings. The Kier molecular flexibility index (Phi) is 5.71. The molecule has 0 saturated heterocycles. The van der Waals surface area contributed by atoms with E-state index >= 15 is 0 Å². The lowest BCUT2D eigenvalue weighted by atomic mass is 9.91. The molecule has 0 aliphatic carbocycles. The highest BCUT2D eigenvalue weighted by Gasteiger charge is 2.32. The van der Waals surface area contributed by atoms with E-state index in [0.717, 1.165) is 19.3 Å².